The number of benzene rings is 2. The van der Waals surface area contributed by atoms with Crippen LogP contribution in [0.15, 0.2) is 46.9 Å². The zero-order valence-corrected chi connectivity index (χ0v) is 12.6. The molecule has 0 atom stereocenters. The molecule has 0 aliphatic rings. The Morgan fingerprint density at radius 3 is 2.35 bits per heavy atom. The Hall–Kier alpha value is -1.81. The number of aryl methyl sites for hydroxylation is 1. The zero-order valence-electron chi connectivity index (χ0n) is 11.0. The molecular weight excluding hydrogens is 318 g/mol. The Balaban J connectivity index is 2.07. The van der Waals surface area contributed by atoms with Crippen molar-refractivity contribution in [1.82, 2.24) is 0 Å². The summed E-state index contributed by atoms with van der Waals surface area (Å²) in [5.74, 6) is -0.742. The van der Waals surface area contributed by atoms with Crippen LogP contribution in [0.4, 0.5) is 5.69 Å². The molecule has 0 unspecified atom stereocenters. The smallest absolute Gasteiger partial charge is 0.303 e. The SMILES string of the molecule is Nc1ccc(-c2ccc(CCCC(=O)O)cc2)cc1Br. The molecule has 0 fully saturated rings. The highest BCUT2D eigenvalue weighted by molar-refractivity contribution is 9.10. The van der Waals surface area contributed by atoms with E-state index in [1.165, 1.54) is 0 Å². The van der Waals surface area contributed by atoms with Gasteiger partial charge in [-0.05, 0) is 57.6 Å². The first-order valence-electron chi connectivity index (χ1n) is 6.42. The lowest BCUT2D eigenvalue weighted by atomic mass is 10.0. The van der Waals surface area contributed by atoms with Crippen LogP contribution in [-0.4, -0.2) is 11.1 Å². The molecule has 3 nitrogen and oxygen atoms in total. The first-order chi connectivity index (χ1) is 9.56. The standard InChI is InChI=1S/C16H16BrNO2/c17-14-10-13(8-9-15(14)18)12-6-4-11(5-7-12)2-1-3-16(19)20/h4-10H,1-3,18H2,(H,19,20). The number of nitrogen functional groups attached to an aromatic ring is 1. The predicted octanol–water partition coefficient (Wildman–Crippen LogP) is 4.11. The van der Waals surface area contributed by atoms with Crippen molar-refractivity contribution in [3.8, 4) is 11.1 Å². The van der Waals surface area contributed by atoms with Crippen molar-refractivity contribution in [2.45, 2.75) is 19.3 Å². The molecule has 20 heavy (non-hydrogen) atoms. The first kappa shape index (κ1) is 14.6. The fourth-order valence-corrected chi connectivity index (χ4v) is 2.39. The van der Waals surface area contributed by atoms with E-state index in [4.69, 9.17) is 10.8 Å². The topological polar surface area (TPSA) is 63.3 Å². The number of carbonyl (C=O) groups is 1. The number of carboxylic acids is 1. The summed E-state index contributed by atoms with van der Waals surface area (Å²) >= 11 is 3.42. The lowest BCUT2D eigenvalue weighted by Crippen LogP contribution is -1.95. The molecule has 2 aromatic carbocycles. The number of hydrogen-bond acceptors (Lipinski definition) is 2. The minimum atomic E-state index is -0.742. The predicted molar refractivity (Wildman–Crippen MR) is 84.6 cm³/mol. The van der Waals surface area contributed by atoms with Gasteiger partial charge in [-0.3, -0.25) is 4.79 Å². The van der Waals surface area contributed by atoms with E-state index >= 15 is 0 Å². The van der Waals surface area contributed by atoms with E-state index < -0.39 is 5.97 Å². The molecule has 0 aliphatic carbocycles. The molecule has 0 radical (unpaired) electrons. The largest absolute Gasteiger partial charge is 0.481 e. The first-order valence-corrected chi connectivity index (χ1v) is 7.21. The summed E-state index contributed by atoms with van der Waals surface area (Å²) in [7, 11) is 0. The van der Waals surface area contributed by atoms with Gasteiger partial charge in [0.05, 0.1) is 0 Å². The van der Waals surface area contributed by atoms with Gasteiger partial charge < -0.3 is 10.8 Å². The molecule has 104 valence electrons. The average molecular weight is 334 g/mol. The third kappa shape index (κ3) is 3.84. The van der Waals surface area contributed by atoms with Gasteiger partial charge in [0.25, 0.3) is 0 Å². The number of carboxylic acid groups (broad SMARTS) is 1. The second kappa shape index (κ2) is 6.57. The van der Waals surface area contributed by atoms with Gasteiger partial charge in [-0.1, -0.05) is 30.3 Å². The van der Waals surface area contributed by atoms with Crippen LogP contribution in [0.1, 0.15) is 18.4 Å². The summed E-state index contributed by atoms with van der Waals surface area (Å²) in [6.45, 7) is 0. The van der Waals surface area contributed by atoms with E-state index in [2.05, 4.69) is 15.9 Å². The summed E-state index contributed by atoms with van der Waals surface area (Å²) in [6, 6.07) is 14.0. The van der Waals surface area contributed by atoms with E-state index in [1.807, 2.05) is 42.5 Å². The quantitative estimate of drug-likeness (QED) is 0.809. The summed E-state index contributed by atoms with van der Waals surface area (Å²) < 4.78 is 0.889. The Kier molecular flexibility index (Phi) is 4.79. The summed E-state index contributed by atoms with van der Waals surface area (Å²) in [6.07, 6.45) is 1.67. The Bertz CT molecular complexity index is 608. The number of aliphatic carboxylic acids is 1. The second-order valence-electron chi connectivity index (χ2n) is 4.68. The van der Waals surface area contributed by atoms with Crippen molar-refractivity contribution < 1.29 is 9.90 Å². The highest BCUT2D eigenvalue weighted by Gasteiger charge is 2.02. The van der Waals surface area contributed by atoms with Gasteiger partial charge in [-0.15, -0.1) is 0 Å². The molecule has 0 aromatic heterocycles. The number of rotatable bonds is 5. The van der Waals surface area contributed by atoms with Gasteiger partial charge in [0.15, 0.2) is 0 Å². The molecule has 3 N–H and O–H groups in total. The molecule has 0 saturated carbocycles. The number of hydrogen-bond donors (Lipinski definition) is 2. The second-order valence-corrected chi connectivity index (χ2v) is 5.53. The molecule has 4 heteroatoms. The van der Waals surface area contributed by atoms with Crippen LogP contribution >= 0.6 is 15.9 Å². The monoisotopic (exact) mass is 333 g/mol. The normalized spacial score (nSPS) is 10.4. The maximum atomic E-state index is 10.5. The summed E-state index contributed by atoms with van der Waals surface area (Å²) in [5.41, 5.74) is 9.87. The molecule has 0 aliphatic heterocycles. The van der Waals surface area contributed by atoms with Gasteiger partial charge in [-0.2, -0.15) is 0 Å². The third-order valence-corrected chi connectivity index (χ3v) is 3.83. The molecule has 2 rings (SSSR count). The van der Waals surface area contributed by atoms with Gasteiger partial charge in [0, 0.05) is 16.6 Å². The van der Waals surface area contributed by atoms with Crippen LogP contribution in [0.3, 0.4) is 0 Å². The fraction of sp³-hybridized carbons (Fsp3) is 0.188. The molecule has 0 amide bonds. The summed E-state index contributed by atoms with van der Waals surface area (Å²) in [4.78, 5) is 10.5. The van der Waals surface area contributed by atoms with Crippen LogP contribution < -0.4 is 5.73 Å². The molecular formula is C16H16BrNO2. The zero-order chi connectivity index (χ0) is 14.5. The number of nitrogens with two attached hydrogens (primary N) is 1. The van der Waals surface area contributed by atoms with E-state index in [0.717, 1.165) is 33.3 Å². The molecule has 0 spiro atoms. The van der Waals surface area contributed by atoms with Crippen LogP contribution in [0.2, 0.25) is 0 Å². The van der Waals surface area contributed by atoms with Gasteiger partial charge >= 0.3 is 5.97 Å². The van der Waals surface area contributed by atoms with Crippen molar-refractivity contribution in [1.29, 1.82) is 0 Å². The summed E-state index contributed by atoms with van der Waals surface area (Å²) in [5, 5.41) is 8.62. The highest BCUT2D eigenvalue weighted by Crippen LogP contribution is 2.27. The highest BCUT2D eigenvalue weighted by atomic mass is 79.9. The molecule has 0 bridgehead atoms. The fourth-order valence-electron chi connectivity index (χ4n) is 2.01. The van der Waals surface area contributed by atoms with Crippen LogP contribution in [0.5, 0.6) is 0 Å². The lowest BCUT2D eigenvalue weighted by molar-refractivity contribution is -0.137. The van der Waals surface area contributed by atoms with Crippen molar-refractivity contribution >= 4 is 27.6 Å². The minimum absolute atomic E-state index is 0.215. The van der Waals surface area contributed by atoms with Crippen molar-refractivity contribution in [3.63, 3.8) is 0 Å². The molecule has 0 heterocycles. The van der Waals surface area contributed by atoms with Crippen LogP contribution in [0.25, 0.3) is 11.1 Å². The van der Waals surface area contributed by atoms with Crippen LogP contribution in [0, 0.1) is 0 Å². The van der Waals surface area contributed by atoms with E-state index in [0.29, 0.717) is 6.42 Å². The third-order valence-electron chi connectivity index (χ3n) is 3.14. The van der Waals surface area contributed by atoms with Gasteiger partial charge in [0.2, 0.25) is 0 Å². The number of halogens is 1. The lowest BCUT2D eigenvalue weighted by Gasteiger charge is -2.06. The Labute approximate surface area is 126 Å². The Morgan fingerprint density at radius 2 is 1.75 bits per heavy atom. The van der Waals surface area contributed by atoms with E-state index in [-0.39, 0.29) is 6.42 Å². The minimum Gasteiger partial charge on any atom is -0.481 e. The van der Waals surface area contributed by atoms with E-state index in [9.17, 15) is 4.79 Å². The number of anilines is 1. The van der Waals surface area contributed by atoms with Crippen molar-refractivity contribution in [3.05, 3.63) is 52.5 Å². The van der Waals surface area contributed by atoms with Crippen molar-refractivity contribution in [2.75, 3.05) is 5.73 Å². The Morgan fingerprint density at radius 1 is 1.10 bits per heavy atom. The van der Waals surface area contributed by atoms with Crippen LogP contribution in [-0.2, 0) is 11.2 Å². The molecule has 0 saturated heterocycles. The van der Waals surface area contributed by atoms with Gasteiger partial charge in [-0.25, -0.2) is 0 Å². The van der Waals surface area contributed by atoms with Gasteiger partial charge in [0.1, 0.15) is 0 Å². The average Bonchev–Trinajstić information content (AvgIpc) is 2.42. The molecule has 2 aromatic rings. The van der Waals surface area contributed by atoms with E-state index in [1.54, 1.807) is 0 Å². The maximum Gasteiger partial charge on any atom is 0.303 e. The maximum absolute atomic E-state index is 10.5. The van der Waals surface area contributed by atoms with Crippen molar-refractivity contribution in [2.24, 2.45) is 0 Å².